The summed E-state index contributed by atoms with van der Waals surface area (Å²) in [6, 6.07) is 10.5. The van der Waals surface area contributed by atoms with Crippen LogP contribution in [0.25, 0.3) is 0 Å². The van der Waals surface area contributed by atoms with Gasteiger partial charge < -0.3 is 11.5 Å². The molecule has 1 aliphatic heterocycles. The van der Waals surface area contributed by atoms with Gasteiger partial charge in [-0.25, -0.2) is 0 Å². The molecule has 82 valence electrons. The summed E-state index contributed by atoms with van der Waals surface area (Å²) in [6.07, 6.45) is 1.01. The molecule has 0 amide bonds. The summed E-state index contributed by atoms with van der Waals surface area (Å²) in [7, 11) is 0. The second-order valence-electron chi connectivity index (χ2n) is 4.51. The van der Waals surface area contributed by atoms with Crippen molar-refractivity contribution in [1.82, 2.24) is 4.90 Å². The van der Waals surface area contributed by atoms with Gasteiger partial charge in [-0.1, -0.05) is 30.3 Å². The van der Waals surface area contributed by atoms with Gasteiger partial charge in [0.2, 0.25) is 0 Å². The van der Waals surface area contributed by atoms with Crippen molar-refractivity contribution in [2.45, 2.75) is 18.5 Å². The summed E-state index contributed by atoms with van der Waals surface area (Å²) in [5.41, 5.74) is 13.0. The first kappa shape index (κ1) is 10.6. The molecule has 3 nitrogen and oxygen atoms in total. The van der Waals surface area contributed by atoms with E-state index in [9.17, 15) is 0 Å². The Morgan fingerprint density at radius 2 is 2.00 bits per heavy atom. The molecule has 1 aliphatic rings. The molecule has 1 saturated heterocycles. The number of hydrogen-bond donors (Lipinski definition) is 2. The molecule has 0 spiro atoms. The Bertz CT molecular complexity index is 312. The molecule has 2 rings (SSSR count). The molecule has 1 aromatic rings. The topological polar surface area (TPSA) is 55.3 Å². The Morgan fingerprint density at radius 3 is 2.60 bits per heavy atom. The standard InChI is InChI=1S/C12H19N3/c13-9-12(14)6-7-15(10-12)8-11-4-2-1-3-5-11/h1-5H,6-10,13-14H2/t12-/m1/s1. The third-order valence-corrected chi connectivity index (χ3v) is 3.12. The van der Waals surface area contributed by atoms with E-state index >= 15 is 0 Å². The Kier molecular flexibility index (Phi) is 3.05. The van der Waals surface area contributed by atoms with Gasteiger partial charge in [-0.15, -0.1) is 0 Å². The molecule has 15 heavy (non-hydrogen) atoms. The van der Waals surface area contributed by atoms with E-state index in [1.807, 2.05) is 6.07 Å². The van der Waals surface area contributed by atoms with Gasteiger partial charge in [0.25, 0.3) is 0 Å². The zero-order chi connectivity index (χ0) is 10.7. The van der Waals surface area contributed by atoms with E-state index in [4.69, 9.17) is 11.5 Å². The van der Waals surface area contributed by atoms with Gasteiger partial charge >= 0.3 is 0 Å². The van der Waals surface area contributed by atoms with Gasteiger partial charge in [0.15, 0.2) is 0 Å². The van der Waals surface area contributed by atoms with Crippen molar-refractivity contribution < 1.29 is 0 Å². The van der Waals surface area contributed by atoms with Crippen LogP contribution < -0.4 is 11.5 Å². The average Bonchev–Trinajstić information content (AvgIpc) is 2.63. The van der Waals surface area contributed by atoms with Crippen LogP contribution in [-0.2, 0) is 6.54 Å². The predicted molar refractivity (Wildman–Crippen MR) is 62.3 cm³/mol. The summed E-state index contributed by atoms with van der Waals surface area (Å²) >= 11 is 0. The lowest BCUT2D eigenvalue weighted by Crippen LogP contribution is -2.49. The molecule has 0 radical (unpaired) electrons. The zero-order valence-electron chi connectivity index (χ0n) is 9.02. The highest BCUT2D eigenvalue weighted by Gasteiger charge is 2.32. The molecule has 0 aromatic heterocycles. The smallest absolute Gasteiger partial charge is 0.0419 e. The maximum Gasteiger partial charge on any atom is 0.0419 e. The van der Waals surface area contributed by atoms with Crippen molar-refractivity contribution in [3.63, 3.8) is 0 Å². The highest BCUT2D eigenvalue weighted by atomic mass is 15.2. The maximum atomic E-state index is 6.14. The first-order valence-corrected chi connectivity index (χ1v) is 5.47. The number of nitrogens with zero attached hydrogens (tertiary/aromatic N) is 1. The van der Waals surface area contributed by atoms with Gasteiger partial charge in [-0.3, -0.25) is 4.90 Å². The van der Waals surface area contributed by atoms with Crippen LogP contribution in [0.4, 0.5) is 0 Å². The van der Waals surface area contributed by atoms with Gasteiger partial charge in [0.05, 0.1) is 0 Å². The fraction of sp³-hybridized carbons (Fsp3) is 0.500. The van der Waals surface area contributed by atoms with Crippen LogP contribution in [0.5, 0.6) is 0 Å². The van der Waals surface area contributed by atoms with E-state index in [0.29, 0.717) is 6.54 Å². The number of likely N-dealkylation sites (tertiary alicyclic amines) is 1. The van der Waals surface area contributed by atoms with E-state index in [-0.39, 0.29) is 5.54 Å². The zero-order valence-corrected chi connectivity index (χ0v) is 9.02. The van der Waals surface area contributed by atoms with Gasteiger partial charge in [-0.05, 0) is 12.0 Å². The molecule has 1 atom stereocenters. The van der Waals surface area contributed by atoms with Crippen molar-refractivity contribution in [2.75, 3.05) is 19.6 Å². The highest BCUT2D eigenvalue weighted by Crippen LogP contribution is 2.19. The minimum atomic E-state index is -0.158. The molecule has 0 saturated carbocycles. The Morgan fingerprint density at radius 1 is 1.27 bits per heavy atom. The second-order valence-corrected chi connectivity index (χ2v) is 4.51. The molecule has 1 aromatic carbocycles. The van der Waals surface area contributed by atoms with Crippen LogP contribution in [0.3, 0.4) is 0 Å². The predicted octanol–water partition coefficient (Wildman–Crippen LogP) is 0.549. The van der Waals surface area contributed by atoms with Gasteiger partial charge in [0.1, 0.15) is 0 Å². The lowest BCUT2D eigenvalue weighted by atomic mass is 10.0. The molecule has 0 aliphatic carbocycles. The summed E-state index contributed by atoms with van der Waals surface area (Å²) in [6.45, 7) is 3.54. The maximum absolute atomic E-state index is 6.14. The summed E-state index contributed by atoms with van der Waals surface area (Å²) in [5, 5.41) is 0. The van der Waals surface area contributed by atoms with Crippen LogP contribution in [0, 0.1) is 0 Å². The quantitative estimate of drug-likeness (QED) is 0.757. The van der Waals surface area contributed by atoms with E-state index in [1.165, 1.54) is 5.56 Å². The second kappa shape index (κ2) is 4.31. The van der Waals surface area contributed by atoms with E-state index in [1.54, 1.807) is 0 Å². The van der Waals surface area contributed by atoms with Crippen molar-refractivity contribution in [3.05, 3.63) is 35.9 Å². The fourth-order valence-electron chi connectivity index (χ4n) is 2.13. The summed E-state index contributed by atoms with van der Waals surface area (Å²) in [4.78, 5) is 2.38. The third kappa shape index (κ3) is 2.56. The largest absolute Gasteiger partial charge is 0.329 e. The van der Waals surface area contributed by atoms with Crippen LogP contribution >= 0.6 is 0 Å². The van der Waals surface area contributed by atoms with E-state index in [2.05, 4.69) is 29.2 Å². The summed E-state index contributed by atoms with van der Waals surface area (Å²) in [5.74, 6) is 0. The molecular weight excluding hydrogens is 186 g/mol. The monoisotopic (exact) mass is 205 g/mol. The minimum absolute atomic E-state index is 0.158. The van der Waals surface area contributed by atoms with Gasteiger partial charge in [0, 0.05) is 31.7 Å². The van der Waals surface area contributed by atoms with Crippen LogP contribution in [0.1, 0.15) is 12.0 Å². The molecule has 0 bridgehead atoms. The normalized spacial score (nSPS) is 27.1. The van der Waals surface area contributed by atoms with Crippen molar-refractivity contribution >= 4 is 0 Å². The SMILES string of the molecule is NC[C@]1(N)CCN(Cc2ccccc2)C1. The van der Waals surface area contributed by atoms with E-state index < -0.39 is 0 Å². The molecule has 1 fully saturated rings. The minimum Gasteiger partial charge on any atom is -0.329 e. The number of hydrogen-bond acceptors (Lipinski definition) is 3. The van der Waals surface area contributed by atoms with Crippen molar-refractivity contribution in [2.24, 2.45) is 11.5 Å². The fourth-order valence-corrected chi connectivity index (χ4v) is 2.13. The average molecular weight is 205 g/mol. The number of nitrogens with two attached hydrogens (primary N) is 2. The van der Waals surface area contributed by atoms with Crippen LogP contribution in [-0.4, -0.2) is 30.1 Å². The molecule has 4 N–H and O–H groups in total. The van der Waals surface area contributed by atoms with Gasteiger partial charge in [-0.2, -0.15) is 0 Å². The lowest BCUT2D eigenvalue weighted by molar-refractivity contribution is 0.305. The molecular formula is C12H19N3. The van der Waals surface area contributed by atoms with E-state index in [0.717, 1.165) is 26.1 Å². The Labute approximate surface area is 91.1 Å². The molecule has 3 heteroatoms. The molecule has 0 unspecified atom stereocenters. The Hall–Kier alpha value is -0.900. The first-order valence-electron chi connectivity index (χ1n) is 5.47. The van der Waals surface area contributed by atoms with Crippen LogP contribution in [0.2, 0.25) is 0 Å². The highest BCUT2D eigenvalue weighted by molar-refractivity contribution is 5.15. The first-order chi connectivity index (χ1) is 7.22. The summed E-state index contributed by atoms with van der Waals surface area (Å²) < 4.78 is 0. The lowest BCUT2D eigenvalue weighted by Gasteiger charge is -2.22. The van der Waals surface area contributed by atoms with Crippen molar-refractivity contribution in [3.8, 4) is 0 Å². The third-order valence-electron chi connectivity index (χ3n) is 3.12. The Balaban J connectivity index is 1.93. The number of benzene rings is 1. The molecule has 1 heterocycles. The van der Waals surface area contributed by atoms with Crippen molar-refractivity contribution in [1.29, 1.82) is 0 Å². The number of rotatable bonds is 3. The van der Waals surface area contributed by atoms with Crippen LogP contribution in [0.15, 0.2) is 30.3 Å².